The van der Waals surface area contributed by atoms with Crippen LogP contribution in [-0.4, -0.2) is 18.2 Å². The fourth-order valence-electron chi connectivity index (χ4n) is 2.07. The molecule has 0 aromatic heterocycles. The molecule has 17 heavy (non-hydrogen) atoms. The number of hydrogen-bond acceptors (Lipinski definition) is 2. The van der Waals surface area contributed by atoms with Crippen molar-refractivity contribution in [1.29, 1.82) is 0 Å². The van der Waals surface area contributed by atoms with Crippen molar-refractivity contribution >= 4 is 5.97 Å². The molecule has 0 fully saturated rings. The number of carboxylic acid groups (broad SMARTS) is 1. The predicted molar refractivity (Wildman–Crippen MR) is 67.5 cm³/mol. The van der Waals surface area contributed by atoms with Gasteiger partial charge in [0.2, 0.25) is 0 Å². The maximum absolute atomic E-state index is 10.9. The zero-order valence-electron chi connectivity index (χ0n) is 10.7. The zero-order valence-corrected chi connectivity index (χ0v) is 10.7. The van der Waals surface area contributed by atoms with Gasteiger partial charge in [0.15, 0.2) is 0 Å². The van der Waals surface area contributed by atoms with Gasteiger partial charge in [0, 0.05) is 0 Å². The van der Waals surface area contributed by atoms with Crippen molar-refractivity contribution in [3.63, 3.8) is 0 Å². The molecule has 1 aromatic carbocycles. The Morgan fingerprint density at radius 1 is 1.35 bits per heavy atom. The Morgan fingerprint density at radius 2 is 2.06 bits per heavy atom. The van der Waals surface area contributed by atoms with E-state index < -0.39 is 5.97 Å². The highest BCUT2D eigenvalue weighted by Crippen LogP contribution is 2.28. The third kappa shape index (κ3) is 3.22. The summed E-state index contributed by atoms with van der Waals surface area (Å²) >= 11 is 0. The van der Waals surface area contributed by atoms with Gasteiger partial charge in [-0.05, 0) is 42.5 Å². The summed E-state index contributed by atoms with van der Waals surface area (Å²) in [7, 11) is 1.64. The molecule has 2 rings (SSSR count). The maximum atomic E-state index is 10.9. The van der Waals surface area contributed by atoms with Crippen LogP contribution < -0.4 is 4.74 Å². The van der Waals surface area contributed by atoms with Crippen LogP contribution in [0.1, 0.15) is 31.4 Å². The Morgan fingerprint density at radius 3 is 2.65 bits per heavy atom. The molecule has 1 aliphatic rings. The van der Waals surface area contributed by atoms with E-state index in [-0.39, 0.29) is 5.92 Å². The van der Waals surface area contributed by atoms with Crippen LogP contribution in [0.4, 0.5) is 0 Å². The summed E-state index contributed by atoms with van der Waals surface area (Å²) in [5, 5.41) is 8.94. The lowest BCUT2D eigenvalue weighted by Gasteiger charge is -2.21. The maximum Gasteiger partial charge on any atom is 0.306 e. The van der Waals surface area contributed by atoms with Crippen molar-refractivity contribution in [2.24, 2.45) is 5.92 Å². The number of rotatable bonds is 2. The SMILES string of the molecule is CC.COc1ccc2c(c1)CCC(C(=O)O)C2. The third-order valence-corrected chi connectivity index (χ3v) is 2.99. The van der Waals surface area contributed by atoms with Crippen molar-refractivity contribution in [1.82, 2.24) is 0 Å². The standard InChI is InChI=1S/C12H14O3.C2H6/c1-15-11-5-4-8-6-10(12(13)14)3-2-9(8)7-11;1-2/h4-5,7,10H,2-3,6H2,1H3,(H,13,14);1-2H3. The summed E-state index contributed by atoms with van der Waals surface area (Å²) in [6.45, 7) is 4.00. The molecule has 0 aliphatic heterocycles. The van der Waals surface area contributed by atoms with Crippen molar-refractivity contribution < 1.29 is 14.6 Å². The van der Waals surface area contributed by atoms with Crippen LogP contribution >= 0.6 is 0 Å². The van der Waals surface area contributed by atoms with Crippen LogP contribution in [0, 0.1) is 5.92 Å². The van der Waals surface area contributed by atoms with Gasteiger partial charge < -0.3 is 9.84 Å². The number of ether oxygens (including phenoxy) is 1. The first-order valence-electron chi connectivity index (χ1n) is 6.09. The molecular weight excluding hydrogens is 216 g/mol. The van der Waals surface area contributed by atoms with E-state index in [2.05, 4.69) is 0 Å². The van der Waals surface area contributed by atoms with Crippen molar-refractivity contribution in [2.75, 3.05) is 7.11 Å². The van der Waals surface area contributed by atoms with Gasteiger partial charge in [-0.2, -0.15) is 0 Å². The van der Waals surface area contributed by atoms with E-state index in [9.17, 15) is 4.79 Å². The quantitative estimate of drug-likeness (QED) is 0.858. The van der Waals surface area contributed by atoms with Crippen LogP contribution in [-0.2, 0) is 17.6 Å². The average molecular weight is 236 g/mol. The van der Waals surface area contributed by atoms with Crippen LogP contribution in [0.25, 0.3) is 0 Å². The molecule has 0 saturated heterocycles. The first kappa shape index (κ1) is 13.6. The highest BCUT2D eigenvalue weighted by Gasteiger charge is 2.24. The van der Waals surface area contributed by atoms with Crippen LogP contribution in [0.15, 0.2) is 18.2 Å². The average Bonchev–Trinajstić information content (AvgIpc) is 2.39. The molecule has 0 bridgehead atoms. The Bertz CT molecular complexity index is 385. The van der Waals surface area contributed by atoms with E-state index in [1.54, 1.807) is 7.11 Å². The lowest BCUT2D eigenvalue weighted by molar-refractivity contribution is -0.142. The number of fused-ring (bicyclic) bond motifs is 1. The van der Waals surface area contributed by atoms with Crippen molar-refractivity contribution in [3.05, 3.63) is 29.3 Å². The first-order valence-corrected chi connectivity index (χ1v) is 6.09. The summed E-state index contributed by atoms with van der Waals surface area (Å²) in [6.07, 6.45) is 2.22. The second kappa shape index (κ2) is 6.28. The molecular formula is C14H20O3. The van der Waals surface area contributed by atoms with Crippen LogP contribution in [0.5, 0.6) is 5.75 Å². The first-order chi connectivity index (χ1) is 8.20. The summed E-state index contributed by atoms with van der Waals surface area (Å²) < 4.78 is 5.14. The lowest BCUT2D eigenvalue weighted by Crippen LogP contribution is -2.22. The minimum Gasteiger partial charge on any atom is -0.497 e. The third-order valence-electron chi connectivity index (χ3n) is 2.99. The number of aliphatic carboxylic acids is 1. The van der Waals surface area contributed by atoms with Crippen molar-refractivity contribution in [3.8, 4) is 5.75 Å². The Kier molecular flexibility index (Phi) is 5.01. The van der Waals surface area contributed by atoms with Crippen LogP contribution in [0.2, 0.25) is 0 Å². The Labute approximate surface area is 102 Å². The normalized spacial score (nSPS) is 17.5. The van der Waals surface area contributed by atoms with E-state index in [4.69, 9.17) is 9.84 Å². The summed E-state index contributed by atoms with van der Waals surface area (Å²) in [6, 6.07) is 5.87. The van der Waals surface area contributed by atoms with E-state index in [1.165, 1.54) is 5.56 Å². The summed E-state index contributed by atoms with van der Waals surface area (Å²) in [5.74, 6) is -0.0510. The molecule has 0 radical (unpaired) electrons. The lowest BCUT2D eigenvalue weighted by atomic mass is 9.84. The van der Waals surface area contributed by atoms with Crippen LogP contribution in [0.3, 0.4) is 0 Å². The Balaban J connectivity index is 0.000000686. The molecule has 0 spiro atoms. The highest BCUT2D eigenvalue weighted by molar-refractivity contribution is 5.71. The van der Waals surface area contributed by atoms with E-state index >= 15 is 0 Å². The Hall–Kier alpha value is -1.51. The van der Waals surface area contributed by atoms with E-state index in [0.29, 0.717) is 6.42 Å². The zero-order chi connectivity index (χ0) is 12.8. The van der Waals surface area contributed by atoms with E-state index in [0.717, 1.165) is 24.2 Å². The van der Waals surface area contributed by atoms with Gasteiger partial charge in [-0.25, -0.2) is 0 Å². The molecule has 1 N–H and O–H groups in total. The largest absolute Gasteiger partial charge is 0.497 e. The molecule has 3 heteroatoms. The molecule has 0 heterocycles. The summed E-state index contributed by atoms with van der Waals surface area (Å²) in [5.41, 5.74) is 2.38. The van der Waals surface area contributed by atoms with Crippen molar-refractivity contribution in [2.45, 2.75) is 33.1 Å². The van der Waals surface area contributed by atoms with Gasteiger partial charge in [0.05, 0.1) is 13.0 Å². The minimum atomic E-state index is -0.684. The van der Waals surface area contributed by atoms with Gasteiger partial charge >= 0.3 is 5.97 Å². The molecule has 1 unspecified atom stereocenters. The van der Waals surface area contributed by atoms with Gasteiger partial charge in [-0.3, -0.25) is 4.79 Å². The molecule has 1 aliphatic carbocycles. The van der Waals surface area contributed by atoms with Gasteiger partial charge in [-0.1, -0.05) is 19.9 Å². The van der Waals surface area contributed by atoms with Gasteiger partial charge in [-0.15, -0.1) is 0 Å². The highest BCUT2D eigenvalue weighted by atomic mass is 16.5. The summed E-state index contributed by atoms with van der Waals surface area (Å²) in [4.78, 5) is 10.9. The molecule has 1 aromatic rings. The van der Waals surface area contributed by atoms with Gasteiger partial charge in [0.1, 0.15) is 5.75 Å². The van der Waals surface area contributed by atoms with E-state index in [1.807, 2.05) is 32.0 Å². The molecule has 94 valence electrons. The molecule has 0 amide bonds. The second-order valence-corrected chi connectivity index (χ2v) is 3.91. The monoisotopic (exact) mass is 236 g/mol. The fraction of sp³-hybridized carbons (Fsp3) is 0.500. The minimum absolute atomic E-state index is 0.217. The van der Waals surface area contributed by atoms with Gasteiger partial charge in [0.25, 0.3) is 0 Å². The molecule has 3 nitrogen and oxygen atoms in total. The smallest absolute Gasteiger partial charge is 0.306 e. The number of methoxy groups -OCH3 is 1. The second-order valence-electron chi connectivity index (χ2n) is 3.91. The molecule has 1 atom stereocenters. The number of carboxylic acids is 1. The topological polar surface area (TPSA) is 46.5 Å². The predicted octanol–water partition coefficient (Wildman–Crippen LogP) is 2.91. The molecule has 0 saturated carbocycles. The number of carbonyl (C=O) groups is 1. The number of aryl methyl sites for hydroxylation is 1. The number of benzene rings is 1. The number of hydrogen-bond donors (Lipinski definition) is 1. The fourth-order valence-corrected chi connectivity index (χ4v) is 2.07.